The molecule has 8 heteroatoms. The predicted molar refractivity (Wildman–Crippen MR) is 139 cm³/mol. The van der Waals surface area contributed by atoms with Gasteiger partial charge in [-0.1, -0.05) is 25.3 Å². The van der Waals surface area contributed by atoms with E-state index in [0.29, 0.717) is 62.2 Å². The van der Waals surface area contributed by atoms with Crippen molar-refractivity contribution in [3.63, 3.8) is 0 Å². The van der Waals surface area contributed by atoms with E-state index < -0.39 is 12.2 Å². The molecule has 3 heterocycles. The first-order valence-electron chi connectivity index (χ1n) is 14.5. The normalized spacial score (nSPS) is 34.2. The van der Waals surface area contributed by atoms with Gasteiger partial charge in [0, 0.05) is 31.6 Å². The third-order valence-corrected chi connectivity index (χ3v) is 9.35. The topological polar surface area (TPSA) is 100 Å². The van der Waals surface area contributed by atoms with E-state index in [-0.39, 0.29) is 30.0 Å². The number of nitrogens with zero attached hydrogens (tertiary/aromatic N) is 1. The molecular formula is C29H41N3O5. The van der Waals surface area contributed by atoms with E-state index in [1.165, 1.54) is 37.7 Å². The Bertz CT molecular complexity index is 992. The SMILES string of the molecule is O=C1N[C@H]2C[C@@H](C(=O)NC[C@H]3O[C@H](CCOc4cc(C5CCCC5)ccc41)CC[C@@H]3O)N(C1CCC1)C2. The van der Waals surface area contributed by atoms with Gasteiger partial charge in [-0.15, -0.1) is 0 Å². The second kappa shape index (κ2) is 10.9. The number of benzene rings is 1. The molecule has 3 N–H and O–H groups in total. The van der Waals surface area contributed by atoms with Crippen LogP contribution in [0.2, 0.25) is 0 Å². The van der Waals surface area contributed by atoms with Crippen molar-refractivity contribution in [2.45, 2.75) is 113 Å². The van der Waals surface area contributed by atoms with Crippen LogP contribution >= 0.6 is 0 Å². The highest BCUT2D eigenvalue weighted by atomic mass is 16.5. The van der Waals surface area contributed by atoms with E-state index in [0.717, 1.165) is 19.3 Å². The standard InChI is InChI=1S/C29H41N3O5/c33-25-11-9-22-12-13-36-26-14-19(18-4-1-2-5-18)8-10-23(26)28(34)31-20-15-24(29(35)30-16-27(25)37-22)32(17-20)21-6-3-7-21/h8,10,14,18,20-22,24-25,27,33H,1-7,9,11-13,15-17H2,(H,30,35)(H,31,34)/t20-,22-,24-,25-,27+/m0/s1. The fourth-order valence-electron chi connectivity index (χ4n) is 6.93. The van der Waals surface area contributed by atoms with Gasteiger partial charge in [0.05, 0.1) is 30.4 Å². The Morgan fingerprint density at radius 3 is 2.59 bits per heavy atom. The number of nitrogens with one attached hydrogen (secondary N) is 2. The van der Waals surface area contributed by atoms with Crippen molar-refractivity contribution in [3.8, 4) is 5.75 Å². The molecule has 0 radical (unpaired) electrons. The zero-order chi connectivity index (χ0) is 25.4. The highest BCUT2D eigenvalue weighted by Gasteiger charge is 2.43. The number of hydrogen-bond donors (Lipinski definition) is 3. The molecule has 1 aromatic rings. The van der Waals surface area contributed by atoms with Crippen LogP contribution in [-0.2, 0) is 9.53 Å². The minimum Gasteiger partial charge on any atom is -0.493 e. The summed E-state index contributed by atoms with van der Waals surface area (Å²) in [4.78, 5) is 29.1. The summed E-state index contributed by atoms with van der Waals surface area (Å²) in [6.45, 7) is 1.42. The number of fused-ring (bicyclic) bond motifs is 5. The fraction of sp³-hybridized carbons (Fsp3) is 0.724. The Morgan fingerprint density at radius 1 is 0.973 bits per heavy atom. The van der Waals surface area contributed by atoms with Gasteiger partial charge in [-0.3, -0.25) is 14.5 Å². The van der Waals surface area contributed by atoms with Crippen molar-refractivity contribution in [1.82, 2.24) is 15.5 Å². The van der Waals surface area contributed by atoms with E-state index in [2.05, 4.69) is 27.7 Å². The summed E-state index contributed by atoms with van der Waals surface area (Å²) in [5.41, 5.74) is 1.82. The van der Waals surface area contributed by atoms with E-state index in [1.807, 2.05) is 6.07 Å². The third kappa shape index (κ3) is 5.38. The highest BCUT2D eigenvalue weighted by molar-refractivity contribution is 5.97. The lowest BCUT2D eigenvalue weighted by Crippen LogP contribution is -2.53. The Labute approximate surface area is 219 Å². The van der Waals surface area contributed by atoms with Crippen LogP contribution in [0.25, 0.3) is 0 Å². The molecule has 2 amide bonds. The second-order valence-corrected chi connectivity index (χ2v) is 11.8. The number of carbonyl (C=O) groups excluding carboxylic acids is 2. The Kier molecular flexibility index (Phi) is 7.41. The molecule has 0 unspecified atom stereocenters. The summed E-state index contributed by atoms with van der Waals surface area (Å²) in [6.07, 6.45) is 9.88. The van der Waals surface area contributed by atoms with Gasteiger partial charge in [-0.2, -0.15) is 0 Å². The monoisotopic (exact) mass is 511 g/mol. The van der Waals surface area contributed by atoms with Crippen LogP contribution in [-0.4, -0.2) is 78.0 Å². The number of likely N-dealkylation sites (tertiary alicyclic amines) is 1. The molecule has 37 heavy (non-hydrogen) atoms. The number of aliphatic hydroxyl groups is 1. The van der Waals surface area contributed by atoms with Gasteiger partial charge < -0.3 is 25.2 Å². The number of hydrogen-bond acceptors (Lipinski definition) is 6. The molecule has 5 aliphatic rings. The molecule has 1 aromatic carbocycles. The van der Waals surface area contributed by atoms with Crippen LogP contribution < -0.4 is 15.4 Å². The fourth-order valence-corrected chi connectivity index (χ4v) is 6.93. The lowest BCUT2D eigenvalue weighted by Gasteiger charge is -2.38. The van der Waals surface area contributed by atoms with Crippen molar-refractivity contribution in [1.29, 1.82) is 0 Å². The molecule has 0 spiro atoms. The van der Waals surface area contributed by atoms with Crippen LogP contribution in [0.1, 0.15) is 92.5 Å². The lowest BCUT2D eigenvalue weighted by atomic mass is 9.91. The first-order chi connectivity index (χ1) is 18.0. The van der Waals surface area contributed by atoms with Gasteiger partial charge in [0.15, 0.2) is 0 Å². The zero-order valence-electron chi connectivity index (χ0n) is 21.7. The summed E-state index contributed by atoms with van der Waals surface area (Å²) < 4.78 is 12.5. The van der Waals surface area contributed by atoms with Crippen molar-refractivity contribution in [2.75, 3.05) is 19.7 Å². The third-order valence-electron chi connectivity index (χ3n) is 9.35. The maximum Gasteiger partial charge on any atom is 0.255 e. The molecule has 4 bridgehead atoms. The zero-order valence-corrected chi connectivity index (χ0v) is 21.7. The minimum absolute atomic E-state index is 0.0291. The summed E-state index contributed by atoms with van der Waals surface area (Å²) in [5.74, 6) is 1.02. The van der Waals surface area contributed by atoms with Gasteiger partial charge in [-0.05, 0) is 68.6 Å². The van der Waals surface area contributed by atoms with Crippen molar-refractivity contribution >= 4 is 11.8 Å². The molecule has 202 valence electrons. The molecule has 4 fully saturated rings. The number of rotatable bonds is 2. The minimum atomic E-state index is -0.579. The summed E-state index contributed by atoms with van der Waals surface area (Å²) in [6, 6.07) is 6.12. The Hall–Kier alpha value is -2.16. The molecular weight excluding hydrogens is 470 g/mol. The molecule has 6 rings (SSSR count). The van der Waals surface area contributed by atoms with E-state index in [9.17, 15) is 14.7 Å². The molecule has 5 atom stereocenters. The van der Waals surface area contributed by atoms with Gasteiger partial charge in [0.1, 0.15) is 11.9 Å². The maximum absolute atomic E-state index is 13.5. The van der Waals surface area contributed by atoms with Gasteiger partial charge in [0.25, 0.3) is 5.91 Å². The van der Waals surface area contributed by atoms with Crippen molar-refractivity contribution in [2.24, 2.45) is 0 Å². The lowest BCUT2D eigenvalue weighted by molar-refractivity contribution is -0.134. The predicted octanol–water partition coefficient (Wildman–Crippen LogP) is 2.88. The number of carbonyl (C=O) groups is 2. The smallest absolute Gasteiger partial charge is 0.255 e. The maximum atomic E-state index is 13.5. The van der Waals surface area contributed by atoms with E-state index >= 15 is 0 Å². The summed E-state index contributed by atoms with van der Waals surface area (Å²) in [5, 5.41) is 16.8. The van der Waals surface area contributed by atoms with Crippen molar-refractivity contribution in [3.05, 3.63) is 29.3 Å². The first kappa shape index (κ1) is 25.1. The molecule has 2 saturated carbocycles. The molecule has 8 nitrogen and oxygen atoms in total. The quantitative estimate of drug-likeness (QED) is 0.565. The molecule has 2 aliphatic carbocycles. The van der Waals surface area contributed by atoms with E-state index in [1.54, 1.807) is 0 Å². The van der Waals surface area contributed by atoms with Gasteiger partial charge >= 0.3 is 0 Å². The molecule has 3 aliphatic heterocycles. The summed E-state index contributed by atoms with van der Waals surface area (Å²) in [7, 11) is 0. The Morgan fingerprint density at radius 2 is 1.81 bits per heavy atom. The number of aliphatic hydroxyl groups excluding tert-OH is 1. The number of ether oxygens (including phenoxy) is 2. The summed E-state index contributed by atoms with van der Waals surface area (Å²) >= 11 is 0. The largest absolute Gasteiger partial charge is 0.493 e. The highest BCUT2D eigenvalue weighted by Crippen LogP contribution is 2.37. The van der Waals surface area contributed by atoms with Crippen LogP contribution in [0.5, 0.6) is 5.75 Å². The van der Waals surface area contributed by atoms with Crippen LogP contribution in [0.3, 0.4) is 0 Å². The van der Waals surface area contributed by atoms with Crippen molar-refractivity contribution < 1.29 is 24.2 Å². The van der Waals surface area contributed by atoms with Crippen LogP contribution in [0.15, 0.2) is 18.2 Å². The molecule has 2 saturated heterocycles. The molecule has 0 aromatic heterocycles. The first-order valence-corrected chi connectivity index (χ1v) is 14.5. The van der Waals surface area contributed by atoms with Gasteiger partial charge in [-0.25, -0.2) is 0 Å². The number of amides is 2. The average Bonchev–Trinajstić information content (AvgIpc) is 3.53. The van der Waals surface area contributed by atoms with Gasteiger partial charge in [0.2, 0.25) is 5.91 Å². The average molecular weight is 512 g/mol. The van der Waals surface area contributed by atoms with Crippen LogP contribution in [0, 0.1) is 0 Å². The Balaban J connectivity index is 1.27. The van der Waals surface area contributed by atoms with E-state index in [4.69, 9.17) is 9.47 Å². The van der Waals surface area contributed by atoms with Crippen LogP contribution in [0.4, 0.5) is 0 Å². The second-order valence-electron chi connectivity index (χ2n) is 11.8.